The number of pyridine rings is 1. The number of anilines is 3. The smallest absolute Gasteiger partial charge is 0.141 e. The van der Waals surface area contributed by atoms with Gasteiger partial charge in [-0.3, -0.25) is 0 Å². The van der Waals surface area contributed by atoms with E-state index in [0.717, 1.165) is 43.2 Å². The maximum absolute atomic E-state index is 9.25. The first-order valence-electron chi connectivity index (χ1n) is 7.93. The molecule has 0 radical (unpaired) electrons. The normalized spacial score (nSPS) is 14.4. The number of nitrogen functional groups attached to an aromatic ring is 1. The Morgan fingerprint density at radius 1 is 1.12 bits per heavy atom. The fraction of sp³-hybridized carbons (Fsp3) is 0.333. The second-order valence-corrected chi connectivity index (χ2v) is 5.81. The highest BCUT2D eigenvalue weighted by molar-refractivity contribution is 5.65. The van der Waals surface area contributed by atoms with Crippen molar-refractivity contribution in [1.29, 1.82) is 5.26 Å². The summed E-state index contributed by atoms with van der Waals surface area (Å²) in [4.78, 5) is 8.78. The second-order valence-electron chi connectivity index (χ2n) is 5.81. The molecule has 0 aliphatic carbocycles. The van der Waals surface area contributed by atoms with Crippen LogP contribution in [0.1, 0.15) is 11.1 Å². The van der Waals surface area contributed by atoms with Gasteiger partial charge in [0.2, 0.25) is 0 Å². The van der Waals surface area contributed by atoms with Gasteiger partial charge in [0.1, 0.15) is 17.6 Å². The first kappa shape index (κ1) is 15.9. The fourth-order valence-corrected chi connectivity index (χ4v) is 3.07. The molecule has 0 bridgehead atoms. The maximum atomic E-state index is 9.25. The summed E-state index contributed by atoms with van der Waals surface area (Å²) < 4.78 is 5.21. The van der Waals surface area contributed by atoms with E-state index in [0.29, 0.717) is 11.4 Å². The lowest BCUT2D eigenvalue weighted by Gasteiger charge is -2.38. The molecule has 1 aromatic carbocycles. The third kappa shape index (κ3) is 2.93. The van der Waals surface area contributed by atoms with Gasteiger partial charge in [0, 0.05) is 31.9 Å². The Morgan fingerprint density at radius 3 is 2.33 bits per heavy atom. The quantitative estimate of drug-likeness (QED) is 0.933. The molecule has 0 unspecified atom stereocenters. The van der Waals surface area contributed by atoms with Crippen LogP contribution in [0.15, 0.2) is 30.5 Å². The number of methoxy groups -OCH3 is 1. The molecule has 6 nitrogen and oxygen atoms in total. The largest absolute Gasteiger partial charge is 0.497 e. The molecule has 1 saturated heterocycles. The SMILES string of the molecule is COc1ccc(N2CCN(c3cnc(N)c(C#N)c3C)CC2)cc1. The summed E-state index contributed by atoms with van der Waals surface area (Å²) in [6, 6.07) is 10.3. The van der Waals surface area contributed by atoms with Gasteiger partial charge in [0.15, 0.2) is 0 Å². The Morgan fingerprint density at radius 2 is 1.75 bits per heavy atom. The molecule has 2 N–H and O–H groups in total. The number of nitrogens with zero attached hydrogens (tertiary/aromatic N) is 4. The minimum atomic E-state index is 0.301. The van der Waals surface area contributed by atoms with Crippen LogP contribution in [0.2, 0.25) is 0 Å². The molecule has 0 amide bonds. The zero-order valence-electron chi connectivity index (χ0n) is 14.0. The molecular formula is C18H21N5O. The molecular weight excluding hydrogens is 302 g/mol. The number of nitrogens with two attached hydrogens (primary N) is 1. The van der Waals surface area contributed by atoms with Crippen LogP contribution < -0.4 is 20.3 Å². The first-order valence-corrected chi connectivity index (χ1v) is 7.93. The van der Waals surface area contributed by atoms with Gasteiger partial charge in [-0.05, 0) is 36.8 Å². The number of benzene rings is 1. The van der Waals surface area contributed by atoms with E-state index in [1.807, 2.05) is 19.1 Å². The molecule has 2 aromatic rings. The Hall–Kier alpha value is -2.94. The van der Waals surface area contributed by atoms with E-state index in [1.165, 1.54) is 5.69 Å². The van der Waals surface area contributed by atoms with E-state index in [9.17, 15) is 5.26 Å². The van der Waals surface area contributed by atoms with Crippen LogP contribution >= 0.6 is 0 Å². The topological polar surface area (TPSA) is 78.4 Å². The number of hydrogen-bond donors (Lipinski definition) is 1. The molecule has 24 heavy (non-hydrogen) atoms. The Balaban J connectivity index is 1.72. The molecule has 1 aliphatic rings. The summed E-state index contributed by atoms with van der Waals surface area (Å²) in [7, 11) is 1.67. The van der Waals surface area contributed by atoms with E-state index in [1.54, 1.807) is 13.3 Å². The molecule has 124 valence electrons. The van der Waals surface area contributed by atoms with E-state index < -0.39 is 0 Å². The lowest BCUT2D eigenvalue weighted by Crippen LogP contribution is -2.46. The van der Waals surface area contributed by atoms with Crippen LogP contribution in [0, 0.1) is 18.3 Å². The predicted octanol–water partition coefficient (Wildman–Crippen LogP) is 2.18. The predicted molar refractivity (Wildman–Crippen MR) is 95.5 cm³/mol. The third-order valence-electron chi connectivity index (χ3n) is 4.51. The van der Waals surface area contributed by atoms with Crippen molar-refractivity contribution in [2.75, 3.05) is 48.8 Å². The molecule has 2 heterocycles. The van der Waals surface area contributed by atoms with Gasteiger partial charge in [-0.1, -0.05) is 0 Å². The average molecular weight is 323 g/mol. The number of hydrogen-bond acceptors (Lipinski definition) is 6. The Bertz CT molecular complexity index is 758. The lowest BCUT2D eigenvalue weighted by molar-refractivity contribution is 0.415. The van der Waals surface area contributed by atoms with Crippen molar-refractivity contribution in [3.05, 3.63) is 41.6 Å². The summed E-state index contributed by atoms with van der Waals surface area (Å²) in [6.07, 6.45) is 1.77. The standard InChI is InChI=1S/C18H21N5O/c1-13-16(11-19)18(20)21-12-17(13)23-9-7-22(8-10-23)14-3-5-15(24-2)6-4-14/h3-6,12H,7-10H2,1-2H3,(H2,20,21). The van der Waals surface area contributed by atoms with Gasteiger partial charge in [-0.25, -0.2) is 4.98 Å². The molecule has 0 atom stereocenters. The molecule has 0 saturated carbocycles. The highest BCUT2D eigenvalue weighted by Crippen LogP contribution is 2.27. The Labute approximate surface area is 142 Å². The van der Waals surface area contributed by atoms with Gasteiger partial charge >= 0.3 is 0 Å². The summed E-state index contributed by atoms with van der Waals surface area (Å²) in [6.45, 7) is 5.52. The molecule has 1 aliphatic heterocycles. The summed E-state index contributed by atoms with van der Waals surface area (Å²) in [5, 5.41) is 9.25. The molecule has 6 heteroatoms. The summed E-state index contributed by atoms with van der Waals surface area (Å²) in [5.41, 5.74) is 9.35. The third-order valence-corrected chi connectivity index (χ3v) is 4.51. The van der Waals surface area contributed by atoms with Crippen molar-refractivity contribution in [2.24, 2.45) is 0 Å². The minimum Gasteiger partial charge on any atom is -0.497 e. The highest BCUT2D eigenvalue weighted by atomic mass is 16.5. The first-order chi connectivity index (χ1) is 11.6. The van der Waals surface area contributed by atoms with Crippen molar-refractivity contribution in [1.82, 2.24) is 4.98 Å². The van der Waals surface area contributed by atoms with Crippen molar-refractivity contribution >= 4 is 17.2 Å². The number of nitriles is 1. The van der Waals surface area contributed by atoms with Gasteiger partial charge in [-0.15, -0.1) is 0 Å². The zero-order valence-corrected chi connectivity index (χ0v) is 14.0. The van der Waals surface area contributed by atoms with Gasteiger partial charge in [-0.2, -0.15) is 5.26 Å². The van der Waals surface area contributed by atoms with E-state index in [-0.39, 0.29) is 0 Å². The van der Waals surface area contributed by atoms with Crippen molar-refractivity contribution in [3.8, 4) is 11.8 Å². The number of ether oxygens (including phenoxy) is 1. The van der Waals surface area contributed by atoms with Crippen LogP contribution in [0.4, 0.5) is 17.2 Å². The number of aromatic nitrogens is 1. The van der Waals surface area contributed by atoms with Gasteiger partial charge < -0.3 is 20.3 Å². The van der Waals surface area contributed by atoms with Crippen molar-refractivity contribution in [2.45, 2.75) is 6.92 Å². The van der Waals surface area contributed by atoms with E-state index in [2.05, 4.69) is 33.0 Å². The fourth-order valence-electron chi connectivity index (χ4n) is 3.07. The molecule has 0 spiro atoms. The maximum Gasteiger partial charge on any atom is 0.141 e. The highest BCUT2D eigenvalue weighted by Gasteiger charge is 2.21. The molecule has 1 fully saturated rings. The number of rotatable bonds is 3. The van der Waals surface area contributed by atoms with Crippen molar-refractivity contribution < 1.29 is 4.74 Å². The van der Waals surface area contributed by atoms with Crippen LogP contribution in [0.3, 0.4) is 0 Å². The molecule has 1 aromatic heterocycles. The second kappa shape index (κ2) is 6.67. The monoisotopic (exact) mass is 323 g/mol. The van der Waals surface area contributed by atoms with Crippen LogP contribution in [-0.4, -0.2) is 38.3 Å². The van der Waals surface area contributed by atoms with Crippen LogP contribution in [0.5, 0.6) is 5.75 Å². The van der Waals surface area contributed by atoms with Gasteiger partial charge in [0.25, 0.3) is 0 Å². The van der Waals surface area contributed by atoms with E-state index in [4.69, 9.17) is 10.5 Å². The van der Waals surface area contributed by atoms with Gasteiger partial charge in [0.05, 0.1) is 24.6 Å². The number of piperazine rings is 1. The van der Waals surface area contributed by atoms with Crippen LogP contribution in [0.25, 0.3) is 0 Å². The Kier molecular flexibility index (Phi) is 4.43. The summed E-state index contributed by atoms with van der Waals surface area (Å²) in [5.74, 6) is 1.17. The average Bonchev–Trinajstić information content (AvgIpc) is 2.63. The summed E-state index contributed by atoms with van der Waals surface area (Å²) >= 11 is 0. The molecule has 3 rings (SSSR count). The minimum absolute atomic E-state index is 0.301. The lowest BCUT2D eigenvalue weighted by atomic mass is 10.1. The van der Waals surface area contributed by atoms with Crippen LogP contribution in [-0.2, 0) is 0 Å². The zero-order chi connectivity index (χ0) is 17.1. The van der Waals surface area contributed by atoms with Crippen molar-refractivity contribution in [3.63, 3.8) is 0 Å². The van der Waals surface area contributed by atoms with E-state index >= 15 is 0 Å².